The van der Waals surface area contributed by atoms with Crippen molar-refractivity contribution in [1.29, 1.82) is 0 Å². The molecule has 78 valence electrons. The molecule has 13 heavy (non-hydrogen) atoms. The Balaban J connectivity index is 3.25. The van der Waals surface area contributed by atoms with Crippen molar-refractivity contribution in [2.24, 2.45) is 11.7 Å². The Hall–Kier alpha value is 0.0969. The zero-order chi connectivity index (χ0) is 10.3. The minimum absolute atomic E-state index is 0.0237. The predicted molar refractivity (Wildman–Crippen MR) is 57.2 cm³/mol. The van der Waals surface area contributed by atoms with Crippen molar-refractivity contribution >= 4 is 9.92 Å². The monoisotopic (exact) mass is 202 g/mol. The van der Waals surface area contributed by atoms with E-state index in [1.165, 1.54) is 6.42 Å². The van der Waals surface area contributed by atoms with E-state index in [0.29, 0.717) is 16.0 Å². The maximum atomic E-state index is 5.54. The first-order valence-electron chi connectivity index (χ1n) is 4.94. The highest BCUT2D eigenvalue weighted by Crippen LogP contribution is 2.07. The Morgan fingerprint density at radius 1 is 1.23 bits per heavy atom. The molecule has 2 radical (unpaired) electrons. The highest BCUT2D eigenvalue weighted by Gasteiger charge is 2.04. The van der Waals surface area contributed by atoms with E-state index in [2.05, 4.69) is 25.8 Å². The Bertz CT molecular complexity index is 120. The minimum Gasteiger partial charge on any atom is -0.400 e. The summed E-state index contributed by atoms with van der Waals surface area (Å²) in [7, 11) is 0.321. The Labute approximate surface area is 84.4 Å². The molecule has 0 aliphatic rings. The van der Waals surface area contributed by atoms with Gasteiger partial charge >= 0.3 is 9.92 Å². The molecule has 0 aromatic rings. The van der Waals surface area contributed by atoms with Crippen molar-refractivity contribution < 1.29 is 4.43 Å². The van der Waals surface area contributed by atoms with Crippen LogP contribution in [-0.2, 0) is 4.43 Å². The van der Waals surface area contributed by atoms with Crippen LogP contribution in [-0.4, -0.2) is 22.2 Å². The molecular weight excluding hydrogens is 180 g/mol. The molecular formula is C9H22N2OSi. The highest BCUT2D eigenvalue weighted by atomic mass is 28.2. The molecule has 2 unspecified atom stereocenters. The lowest BCUT2D eigenvalue weighted by atomic mass is 10.1. The average molecular weight is 202 g/mol. The maximum Gasteiger partial charge on any atom is 0.339 e. The van der Waals surface area contributed by atoms with Crippen molar-refractivity contribution in [3.8, 4) is 0 Å². The fraction of sp³-hybridized carbons (Fsp3) is 1.00. The quantitative estimate of drug-likeness (QED) is 0.482. The molecule has 0 aliphatic carbocycles. The van der Waals surface area contributed by atoms with Gasteiger partial charge in [-0.1, -0.05) is 13.8 Å². The van der Waals surface area contributed by atoms with Crippen molar-refractivity contribution in [3.63, 3.8) is 0 Å². The van der Waals surface area contributed by atoms with Crippen LogP contribution in [0.3, 0.4) is 0 Å². The molecule has 0 aromatic carbocycles. The molecule has 2 atom stereocenters. The Morgan fingerprint density at radius 3 is 2.31 bits per heavy atom. The van der Waals surface area contributed by atoms with Crippen LogP contribution < -0.4 is 10.7 Å². The third-order valence-electron chi connectivity index (χ3n) is 1.70. The summed E-state index contributed by atoms with van der Waals surface area (Å²) in [6, 6.07) is 0. The molecule has 0 heterocycles. The van der Waals surface area contributed by atoms with Crippen LogP contribution in [0.25, 0.3) is 0 Å². The molecule has 0 saturated carbocycles. The van der Waals surface area contributed by atoms with E-state index in [-0.39, 0.29) is 6.17 Å². The first-order valence-corrected chi connectivity index (χ1v) is 5.85. The second-order valence-corrected chi connectivity index (χ2v) is 4.66. The Kier molecular flexibility index (Phi) is 7.55. The van der Waals surface area contributed by atoms with E-state index >= 15 is 0 Å². The van der Waals surface area contributed by atoms with E-state index in [4.69, 9.17) is 10.2 Å². The van der Waals surface area contributed by atoms with Gasteiger partial charge in [0.25, 0.3) is 0 Å². The summed E-state index contributed by atoms with van der Waals surface area (Å²) in [6.07, 6.45) is 2.72. The molecule has 3 N–H and O–H groups in total. The normalized spacial score (nSPS) is 16.2. The molecule has 0 rings (SSSR count). The largest absolute Gasteiger partial charge is 0.400 e. The van der Waals surface area contributed by atoms with E-state index in [1.807, 2.05) is 6.92 Å². The number of nitrogens with one attached hydrogen (secondary N) is 1. The minimum atomic E-state index is 0.0237. The molecule has 0 bridgehead atoms. The van der Waals surface area contributed by atoms with Gasteiger partial charge in [-0.2, -0.15) is 0 Å². The van der Waals surface area contributed by atoms with Crippen LogP contribution in [0.2, 0.25) is 0 Å². The first kappa shape index (κ1) is 13.1. The standard InChI is InChI=1S/C9H22N2OSi/c1-7(2)5-6-8(3)12-13-11-9(4)10/h7-9,11H,5-6,10H2,1-4H3. The lowest BCUT2D eigenvalue weighted by Gasteiger charge is -2.14. The zero-order valence-corrected chi connectivity index (χ0v) is 10.1. The highest BCUT2D eigenvalue weighted by molar-refractivity contribution is 6.23. The molecule has 0 fully saturated rings. The molecule has 4 heteroatoms. The summed E-state index contributed by atoms with van der Waals surface area (Å²) in [4.78, 5) is 3.05. The van der Waals surface area contributed by atoms with Gasteiger partial charge in [-0.25, -0.2) is 0 Å². The second kappa shape index (κ2) is 7.50. The van der Waals surface area contributed by atoms with Crippen LogP contribution in [0.15, 0.2) is 0 Å². The number of hydrogen-bond acceptors (Lipinski definition) is 3. The summed E-state index contributed by atoms with van der Waals surface area (Å²) in [5.41, 5.74) is 5.52. The van der Waals surface area contributed by atoms with Gasteiger partial charge in [0, 0.05) is 12.3 Å². The maximum absolute atomic E-state index is 5.54. The van der Waals surface area contributed by atoms with Crippen molar-refractivity contribution in [2.45, 2.75) is 52.8 Å². The van der Waals surface area contributed by atoms with Crippen molar-refractivity contribution in [3.05, 3.63) is 0 Å². The lowest BCUT2D eigenvalue weighted by molar-refractivity contribution is 0.206. The van der Waals surface area contributed by atoms with Crippen LogP contribution in [0.1, 0.15) is 40.5 Å². The number of rotatable bonds is 7. The van der Waals surface area contributed by atoms with Crippen molar-refractivity contribution in [2.75, 3.05) is 0 Å². The van der Waals surface area contributed by atoms with E-state index in [1.54, 1.807) is 0 Å². The topological polar surface area (TPSA) is 47.3 Å². The smallest absolute Gasteiger partial charge is 0.339 e. The fourth-order valence-corrected chi connectivity index (χ4v) is 1.43. The van der Waals surface area contributed by atoms with Gasteiger partial charge in [-0.3, -0.25) is 0 Å². The number of hydrogen-bond donors (Lipinski definition) is 2. The molecule has 3 nitrogen and oxygen atoms in total. The molecule has 0 aliphatic heterocycles. The summed E-state index contributed by atoms with van der Waals surface area (Å²) in [5.74, 6) is 0.760. The van der Waals surface area contributed by atoms with Crippen LogP contribution >= 0.6 is 0 Å². The second-order valence-electron chi connectivity index (χ2n) is 3.93. The summed E-state index contributed by atoms with van der Waals surface area (Å²) < 4.78 is 5.54. The summed E-state index contributed by atoms with van der Waals surface area (Å²) in [5, 5.41) is 0. The van der Waals surface area contributed by atoms with Gasteiger partial charge in [-0.05, 0) is 32.6 Å². The Morgan fingerprint density at radius 2 is 1.85 bits per heavy atom. The zero-order valence-electron chi connectivity index (χ0n) is 9.13. The van der Waals surface area contributed by atoms with Gasteiger partial charge in [0.2, 0.25) is 0 Å². The third-order valence-corrected chi connectivity index (χ3v) is 2.79. The number of nitrogens with two attached hydrogens (primary N) is 1. The summed E-state index contributed by atoms with van der Waals surface area (Å²) in [6.45, 7) is 8.48. The van der Waals surface area contributed by atoms with Gasteiger partial charge in [-0.15, -0.1) is 0 Å². The SMILES string of the molecule is CC(C)CCC(C)O[Si]NC(C)N. The fourth-order valence-electron chi connectivity index (χ4n) is 0.855. The lowest BCUT2D eigenvalue weighted by Crippen LogP contribution is -2.39. The summed E-state index contributed by atoms with van der Waals surface area (Å²) >= 11 is 0. The van der Waals surface area contributed by atoms with E-state index in [0.717, 1.165) is 12.3 Å². The van der Waals surface area contributed by atoms with Gasteiger partial charge in [0.15, 0.2) is 0 Å². The van der Waals surface area contributed by atoms with Crippen LogP contribution in [0.4, 0.5) is 0 Å². The van der Waals surface area contributed by atoms with Gasteiger partial charge in [0.05, 0.1) is 0 Å². The first-order chi connectivity index (χ1) is 6.02. The third kappa shape index (κ3) is 10.0. The molecule has 0 aromatic heterocycles. The van der Waals surface area contributed by atoms with Crippen molar-refractivity contribution in [1.82, 2.24) is 4.98 Å². The van der Waals surface area contributed by atoms with Gasteiger partial charge < -0.3 is 15.1 Å². The molecule has 0 saturated heterocycles. The van der Waals surface area contributed by atoms with E-state index < -0.39 is 0 Å². The molecule has 0 amide bonds. The van der Waals surface area contributed by atoms with Crippen LogP contribution in [0, 0.1) is 5.92 Å². The average Bonchev–Trinajstić information content (AvgIpc) is 2.00. The molecule has 0 spiro atoms. The van der Waals surface area contributed by atoms with E-state index in [9.17, 15) is 0 Å². The van der Waals surface area contributed by atoms with Gasteiger partial charge in [0.1, 0.15) is 0 Å². The predicted octanol–water partition coefficient (Wildman–Crippen LogP) is 1.26. The van der Waals surface area contributed by atoms with Crippen LogP contribution in [0.5, 0.6) is 0 Å².